The summed E-state index contributed by atoms with van der Waals surface area (Å²) >= 11 is 0. The second-order valence-corrected chi connectivity index (χ2v) is 4.90. The Balaban J connectivity index is 1.82. The van der Waals surface area contributed by atoms with E-state index in [1.807, 2.05) is 0 Å². The third kappa shape index (κ3) is 3.05. The molecule has 1 aliphatic rings. The van der Waals surface area contributed by atoms with Gasteiger partial charge in [0.2, 0.25) is 0 Å². The Morgan fingerprint density at radius 3 is 2.62 bits per heavy atom. The maximum absolute atomic E-state index is 13.6. The highest BCUT2D eigenvalue weighted by atomic mass is 19.1. The maximum Gasteiger partial charge on any atom is 0.167 e. The van der Waals surface area contributed by atoms with Crippen LogP contribution in [-0.2, 0) is 6.42 Å². The van der Waals surface area contributed by atoms with Crippen LogP contribution in [0.2, 0.25) is 0 Å². The number of hydrogen-bond acceptors (Lipinski definition) is 3. The molecule has 3 rings (SSSR count). The van der Waals surface area contributed by atoms with Crippen LogP contribution >= 0.6 is 0 Å². The van der Waals surface area contributed by atoms with Gasteiger partial charge in [-0.2, -0.15) is 0 Å². The second-order valence-electron chi connectivity index (χ2n) is 4.90. The third-order valence-corrected chi connectivity index (χ3v) is 3.38. The van der Waals surface area contributed by atoms with Gasteiger partial charge in [-0.1, -0.05) is 18.2 Å². The molecule has 0 spiro atoms. The van der Waals surface area contributed by atoms with Crippen LogP contribution in [0, 0.1) is 5.82 Å². The molecule has 4 heteroatoms. The number of halogens is 1. The molecule has 0 aliphatic carbocycles. The first-order valence-electron chi connectivity index (χ1n) is 6.90. The first-order chi connectivity index (χ1) is 10.2. The summed E-state index contributed by atoms with van der Waals surface area (Å²) in [6.45, 7) is 1.17. The Labute approximate surface area is 122 Å². The third-order valence-electron chi connectivity index (χ3n) is 3.38. The molecule has 2 aromatic rings. The molecule has 2 aromatic carbocycles. The molecule has 0 aromatic heterocycles. The van der Waals surface area contributed by atoms with Crippen molar-refractivity contribution in [2.75, 3.05) is 13.2 Å². The van der Waals surface area contributed by atoms with E-state index in [-0.39, 0.29) is 18.0 Å². The largest absolute Gasteiger partial charge is 0.490 e. The van der Waals surface area contributed by atoms with Gasteiger partial charge in [-0.25, -0.2) is 4.39 Å². The van der Waals surface area contributed by atoms with Crippen LogP contribution in [0.3, 0.4) is 0 Å². The number of ether oxygens (including phenoxy) is 2. The number of Topliss-reactive ketones (excluding diaryl/α,β-unsaturated/α-hetero) is 1. The fourth-order valence-electron chi connectivity index (χ4n) is 2.25. The normalized spacial score (nSPS) is 13.6. The van der Waals surface area contributed by atoms with E-state index in [1.165, 1.54) is 6.07 Å². The molecule has 1 heterocycles. The first-order valence-corrected chi connectivity index (χ1v) is 6.90. The first kappa shape index (κ1) is 13.6. The van der Waals surface area contributed by atoms with Crippen LogP contribution in [-0.4, -0.2) is 19.0 Å². The summed E-state index contributed by atoms with van der Waals surface area (Å²) in [4.78, 5) is 12.3. The standard InChI is InChI=1S/C17H15FO3/c18-14-5-2-1-4-12(14)10-15(19)13-6-7-16-17(11-13)21-9-3-8-20-16/h1-2,4-7,11H,3,8-10H2. The van der Waals surface area contributed by atoms with Gasteiger partial charge in [0.05, 0.1) is 13.2 Å². The molecule has 0 unspecified atom stereocenters. The van der Waals surface area contributed by atoms with Gasteiger partial charge in [0.15, 0.2) is 17.3 Å². The number of hydrogen-bond donors (Lipinski definition) is 0. The van der Waals surface area contributed by atoms with Gasteiger partial charge in [0, 0.05) is 18.4 Å². The van der Waals surface area contributed by atoms with Crippen LogP contribution in [0.1, 0.15) is 22.3 Å². The highest BCUT2D eigenvalue weighted by molar-refractivity contribution is 5.98. The van der Waals surface area contributed by atoms with Crippen molar-refractivity contribution in [3.63, 3.8) is 0 Å². The molecule has 0 N–H and O–H groups in total. The Kier molecular flexibility index (Phi) is 3.86. The molecule has 0 bridgehead atoms. The van der Waals surface area contributed by atoms with Gasteiger partial charge in [-0.3, -0.25) is 4.79 Å². The summed E-state index contributed by atoms with van der Waals surface area (Å²) in [6.07, 6.45) is 0.847. The van der Waals surface area contributed by atoms with E-state index in [0.717, 1.165) is 6.42 Å². The molecule has 0 radical (unpaired) electrons. The molecule has 0 amide bonds. The van der Waals surface area contributed by atoms with Crippen molar-refractivity contribution in [2.45, 2.75) is 12.8 Å². The highest BCUT2D eigenvalue weighted by Crippen LogP contribution is 2.30. The van der Waals surface area contributed by atoms with Gasteiger partial charge in [-0.15, -0.1) is 0 Å². The Morgan fingerprint density at radius 1 is 1.05 bits per heavy atom. The zero-order chi connectivity index (χ0) is 14.7. The Hall–Kier alpha value is -2.36. The quantitative estimate of drug-likeness (QED) is 0.811. The van der Waals surface area contributed by atoms with Crippen molar-refractivity contribution in [1.29, 1.82) is 0 Å². The van der Waals surface area contributed by atoms with Crippen molar-refractivity contribution in [1.82, 2.24) is 0 Å². The Bertz CT molecular complexity index is 667. The van der Waals surface area contributed by atoms with E-state index in [1.54, 1.807) is 36.4 Å². The van der Waals surface area contributed by atoms with Gasteiger partial charge in [0.25, 0.3) is 0 Å². The number of carbonyl (C=O) groups is 1. The van der Waals surface area contributed by atoms with Crippen molar-refractivity contribution in [2.24, 2.45) is 0 Å². The predicted octanol–water partition coefficient (Wildman–Crippen LogP) is 3.41. The average molecular weight is 286 g/mol. The fraction of sp³-hybridized carbons (Fsp3) is 0.235. The molecule has 108 valence electrons. The lowest BCUT2D eigenvalue weighted by Gasteiger charge is -2.09. The van der Waals surface area contributed by atoms with Gasteiger partial charge < -0.3 is 9.47 Å². The van der Waals surface area contributed by atoms with E-state index in [2.05, 4.69) is 0 Å². The molecule has 0 saturated heterocycles. The SMILES string of the molecule is O=C(Cc1ccccc1F)c1ccc2c(c1)OCCCO2. The van der Waals surface area contributed by atoms with Crippen molar-refractivity contribution >= 4 is 5.78 Å². The zero-order valence-electron chi connectivity index (χ0n) is 11.5. The minimum Gasteiger partial charge on any atom is -0.490 e. The van der Waals surface area contributed by atoms with Crippen LogP contribution in [0.25, 0.3) is 0 Å². The van der Waals surface area contributed by atoms with Crippen LogP contribution in [0.15, 0.2) is 42.5 Å². The Morgan fingerprint density at radius 2 is 1.81 bits per heavy atom. The van der Waals surface area contributed by atoms with Crippen LogP contribution in [0.4, 0.5) is 4.39 Å². The summed E-state index contributed by atoms with van der Waals surface area (Å²) in [5.74, 6) is 0.720. The zero-order valence-corrected chi connectivity index (χ0v) is 11.5. The number of benzene rings is 2. The molecule has 1 aliphatic heterocycles. The number of ketones is 1. The summed E-state index contributed by atoms with van der Waals surface area (Å²) < 4.78 is 24.7. The predicted molar refractivity (Wildman–Crippen MR) is 76.5 cm³/mol. The second kappa shape index (κ2) is 5.95. The topological polar surface area (TPSA) is 35.5 Å². The molecule has 21 heavy (non-hydrogen) atoms. The molecule has 3 nitrogen and oxygen atoms in total. The fourth-order valence-corrected chi connectivity index (χ4v) is 2.25. The highest BCUT2D eigenvalue weighted by Gasteiger charge is 2.15. The van der Waals surface area contributed by atoms with E-state index in [9.17, 15) is 9.18 Å². The minimum atomic E-state index is -0.361. The van der Waals surface area contributed by atoms with Gasteiger partial charge in [-0.05, 0) is 29.8 Å². The molecular weight excluding hydrogens is 271 g/mol. The number of carbonyl (C=O) groups excluding carboxylic acids is 1. The lowest BCUT2D eigenvalue weighted by atomic mass is 10.0. The lowest BCUT2D eigenvalue weighted by molar-refractivity contribution is 0.0991. The van der Waals surface area contributed by atoms with E-state index in [0.29, 0.717) is 35.8 Å². The summed E-state index contributed by atoms with van der Waals surface area (Å²) in [6, 6.07) is 11.4. The summed E-state index contributed by atoms with van der Waals surface area (Å²) in [5.41, 5.74) is 0.900. The van der Waals surface area contributed by atoms with Crippen LogP contribution < -0.4 is 9.47 Å². The maximum atomic E-state index is 13.6. The monoisotopic (exact) mass is 286 g/mol. The summed E-state index contributed by atoms with van der Waals surface area (Å²) in [7, 11) is 0. The van der Waals surface area contributed by atoms with E-state index >= 15 is 0 Å². The van der Waals surface area contributed by atoms with E-state index < -0.39 is 0 Å². The smallest absolute Gasteiger partial charge is 0.167 e. The van der Waals surface area contributed by atoms with Gasteiger partial charge >= 0.3 is 0 Å². The minimum absolute atomic E-state index is 0.0340. The number of fused-ring (bicyclic) bond motifs is 1. The van der Waals surface area contributed by atoms with Crippen LogP contribution in [0.5, 0.6) is 11.5 Å². The molecule has 0 fully saturated rings. The van der Waals surface area contributed by atoms with E-state index in [4.69, 9.17) is 9.47 Å². The summed E-state index contributed by atoms with van der Waals surface area (Å²) in [5, 5.41) is 0. The van der Waals surface area contributed by atoms with Crippen molar-refractivity contribution in [3.05, 3.63) is 59.4 Å². The molecular formula is C17H15FO3. The van der Waals surface area contributed by atoms with Crippen molar-refractivity contribution in [3.8, 4) is 11.5 Å². The van der Waals surface area contributed by atoms with Gasteiger partial charge in [0.1, 0.15) is 5.82 Å². The molecule has 0 atom stereocenters. The number of rotatable bonds is 3. The average Bonchev–Trinajstić information content (AvgIpc) is 2.74. The molecule has 0 saturated carbocycles. The van der Waals surface area contributed by atoms with Crippen molar-refractivity contribution < 1.29 is 18.7 Å². The lowest BCUT2D eigenvalue weighted by Crippen LogP contribution is -2.05.